The summed E-state index contributed by atoms with van der Waals surface area (Å²) in [5, 5.41) is 6.48. The van der Waals surface area contributed by atoms with Crippen LogP contribution in [0.2, 0.25) is 0 Å². The first-order valence-electron chi connectivity index (χ1n) is 11.2. The van der Waals surface area contributed by atoms with Crippen molar-refractivity contribution in [1.82, 2.24) is 10.2 Å². The number of carbonyl (C=O) groups is 3. The number of imide groups is 1. The van der Waals surface area contributed by atoms with Gasteiger partial charge in [-0.25, -0.2) is 0 Å². The number of nitrogens with one attached hydrogen (secondary N) is 2. The molecule has 4 atom stereocenters. The van der Waals surface area contributed by atoms with Crippen molar-refractivity contribution in [3.8, 4) is 0 Å². The van der Waals surface area contributed by atoms with Gasteiger partial charge in [-0.05, 0) is 30.9 Å². The van der Waals surface area contributed by atoms with E-state index in [9.17, 15) is 14.4 Å². The lowest BCUT2D eigenvalue weighted by Crippen LogP contribution is -2.54. The summed E-state index contributed by atoms with van der Waals surface area (Å²) in [7, 11) is 0. The first-order valence-corrected chi connectivity index (χ1v) is 11.2. The van der Waals surface area contributed by atoms with Crippen LogP contribution in [0.25, 0.3) is 0 Å². The highest BCUT2D eigenvalue weighted by atomic mass is 16.2. The highest BCUT2D eigenvalue weighted by Crippen LogP contribution is 2.54. The Morgan fingerprint density at radius 3 is 2.39 bits per heavy atom. The molecule has 1 aliphatic carbocycles. The fraction of sp³-hybridized carbons (Fsp3) is 0.400. The van der Waals surface area contributed by atoms with Crippen LogP contribution in [0.5, 0.6) is 0 Å². The minimum absolute atomic E-state index is 0.0280. The van der Waals surface area contributed by atoms with Gasteiger partial charge in [-0.2, -0.15) is 0 Å². The number of hydrogen-bond acceptors (Lipinski definition) is 4. The van der Waals surface area contributed by atoms with E-state index in [0.29, 0.717) is 6.42 Å². The molecule has 31 heavy (non-hydrogen) atoms. The van der Waals surface area contributed by atoms with Crippen LogP contribution in [0.15, 0.2) is 54.6 Å². The number of rotatable bonds is 3. The molecule has 6 heteroatoms. The Kier molecular flexibility index (Phi) is 4.09. The Balaban J connectivity index is 1.47. The number of para-hydroxylation sites is 1. The molecule has 2 aromatic rings. The fourth-order valence-corrected chi connectivity index (χ4v) is 6.35. The summed E-state index contributed by atoms with van der Waals surface area (Å²) < 4.78 is 0. The molecule has 1 spiro atoms. The van der Waals surface area contributed by atoms with E-state index in [0.717, 1.165) is 42.5 Å². The van der Waals surface area contributed by atoms with Crippen molar-refractivity contribution in [2.24, 2.45) is 11.8 Å². The first-order chi connectivity index (χ1) is 15.1. The molecule has 6 rings (SSSR count). The molecule has 0 unspecified atom stereocenters. The maximum Gasteiger partial charge on any atom is 0.250 e. The maximum absolute atomic E-state index is 13.8. The molecule has 2 aromatic carbocycles. The van der Waals surface area contributed by atoms with Crippen LogP contribution in [-0.4, -0.2) is 34.7 Å². The predicted molar refractivity (Wildman–Crippen MR) is 115 cm³/mol. The number of hydrogen-bond donors (Lipinski definition) is 2. The Morgan fingerprint density at radius 2 is 1.61 bits per heavy atom. The van der Waals surface area contributed by atoms with Crippen LogP contribution >= 0.6 is 0 Å². The minimum atomic E-state index is -1.19. The number of amides is 3. The predicted octanol–water partition coefficient (Wildman–Crippen LogP) is 2.59. The topological polar surface area (TPSA) is 78.5 Å². The van der Waals surface area contributed by atoms with Gasteiger partial charge in [0.25, 0.3) is 0 Å². The van der Waals surface area contributed by atoms with Crippen molar-refractivity contribution in [3.05, 3.63) is 65.7 Å². The molecule has 3 fully saturated rings. The van der Waals surface area contributed by atoms with E-state index in [2.05, 4.69) is 10.6 Å². The van der Waals surface area contributed by atoms with Crippen LogP contribution < -0.4 is 10.6 Å². The van der Waals surface area contributed by atoms with Crippen molar-refractivity contribution in [2.75, 3.05) is 5.32 Å². The van der Waals surface area contributed by atoms with Crippen molar-refractivity contribution >= 4 is 23.4 Å². The lowest BCUT2D eigenvalue weighted by Gasteiger charge is -2.31. The van der Waals surface area contributed by atoms with Gasteiger partial charge in [-0.15, -0.1) is 0 Å². The van der Waals surface area contributed by atoms with Crippen LogP contribution in [0.1, 0.15) is 36.8 Å². The van der Waals surface area contributed by atoms with Gasteiger partial charge in [0, 0.05) is 23.3 Å². The standard InChI is InChI=1S/C25H25N3O3/c29-22-20-19(14-15-8-2-1-3-9-15)27-25(17-12-6-7-13-18(17)26-24(25)31)21(20)23(30)28(22)16-10-4-5-11-16/h1-3,6-9,12-13,16,19-21,27H,4-5,10-11,14H2,(H,26,31)/t19-,20+,21-,25+/m0/s1. The Hall–Kier alpha value is -2.99. The molecule has 1 saturated carbocycles. The number of likely N-dealkylation sites (tertiary alicyclic amines) is 1. The molecule has 0 bridgehead atoms. The summed E-state index contributed by atoms with van der Waals surface area (Å²) in [5.74, 6) is -1.77. The van der Waals surface area contributed by atoms with E-state index >= 15 is 0 Å². The third-order valence-corrected chi connectivity index (χ3v) is 7.64. The highest BCUT2D eigenvalue weighted by Gasteiger charge is 2.70. The van der Waals surface area contributed by atoms with E-state index in [-0.39, 0.29) is 29.8 Å². The Labute approximate surface area is 181 Å². The Bertz CT molecular complexity index is 1080. The van der Waals surface area contributed by atoms with Crippen LogP contribution in [0, 0.1) is 11.8 Å². The lowest BCUT2D eigenvalue weighted by atomic mass is 9.76. The largest absolute Gasteiger partial charge is 0.324 e. The maximum atomic E-state index is 13.8. The van der Waals surface area contributed by atoms with Gasteiger partial charge in [0.1, 0.15) is 5.54 Å². The number of benzene rings is 2. The average Bonchev–Trinajstić information content (AvgIpc) is 3.52. The molecule has 3 heterocycles. The smallest absolute Gasteiger partial charge is 0.250 e. The average molecular weight is 415 g/mol. The number of carbonyl (C=O) groups excluding carboxylic acids is 3. The SMILES string of the molecule is O=C1[C@@H]2[C@H](Cc3ccccc3)N[C@@]3(C(=O)Nc4ccccc43)[C@@H]2C(=O)N1C1CCCC1. The zero-order valence-corrected chi connectivity index (χ0v) is 17.2. The molecule has 6 nitrogen and oxygen atoms in total. The van der Waals surface area contributed by atoms with Gasteiger partial charge >= 0.3 is 0 Å². The van der Waals surface area contributed by atoms with Crippen LogP contribution in [0.4, 0.5) is 5.69 Å². The molecule has 158 valence electrons. The first kappa shape index (κ1) is 18.8. The van der Waals surface area contributed by atoms with E-state index in [1.807, 2.05) is 54.6 Å². The summed E-state index contributed by atoms with van der Waals surface area (Å²) in [4.78, 5) is 42.4. The van der Waals surface area contributed by atoms with Crippen molar-refractivity contribution in [3.63, 3.8) is 0 Å². The van der Waals surface area contributed by atoms with Crippen molar-refractivity contribution < 1.29 is 14.4 Å². The summed E-state index contributed by atoms with van der Waals surface area (Å²) in [5.41, 5.74) is 1.39. The van der Waals surface area contributed by atoms with Gasteiger partial charge in [-0.1, -0.05) is 61.4 Å². The van der Waals surface area contributed by atoms with Gasteiger partial charge in [-0.3, -0.25) is 24.6 Å². The molecule has 3 aliphatic heterocycles. The van der Waals surface area contributed by atoms with Crippen LogP contribution in [-0.2, 0) is 26.3 Å². The third kappa shape index (κ3) is 2.51. The van der Waals surface area contributed by atoms with Crippen LogP contribution in [0.3, 0.4) is 0 Å². The summed E-state index contributed by atoms with van der Waals surface area (Å²) in [6.07, 6.45) is 4.40. The van der Waals surface area contributed by atoms with Crippen molar-refractivity contribution in [2.45, 2.75) is 49.7 Å². The highest BCUT2D eigenvalue weighted by molar-refractivity contribution is 6.15. The monoisotopic (exact) mass is 415 g/mol. The molecule has 0 aromatic heterocycles. The minimum Gasteiger partial charge on any atom is -0.324 e. The second-order valence-electron chi connectivity index (χ2n) is 9.24. The quantitative estimate of drug-likeness (QED) is 0.756. The van der Waals surface area contributed by atoms with E-state index in [1.165, 1.54) is 4.90 Å². The number of fused-ring (bicyclic) bond motifs is 4. The second kappa shape index (κ2) is 6.76. The van der Waals surface area contributed by atoms with Gasteiger partial charge < -0.3 is 5.32 Å². The molecule has 2 saturated heterocycles. The third-order valence-electron chi connectivity index (χ3n) is 7.64. The molecule has 3 amide bonds. The Morgan fingerprint density at radius 1 is 0.903 bits per heavy atom. The summed E-state index contributed by atoms with van der Waals surface area (Å²) in [6.45, 7) is 0. The van der Waals surface area contributed by atoms with E-state index in [4.69, 9.17) is 0 Å². The van der Waals surface area contributed by atoms with Gasteiger partial charge in [0.15, 0.2) is 0 Å². The van der Waals surface area contributed by atoms with E-state index in [1.54, 1.807) is 0 Å². The van der Waals surface area contributed by atoms with Gasteiger partial charge in [0.2, 0.25) is 17.7 Å². The summed E-state index contributed by atoms with van der Waals surface area (Å²) in [6, 6.07) is 17.2. The molecule has 0 radical (unpaired) electrons. The molecule has 4 aliphatic rings. The van der Waals surface area contributed by atoms with Crippen molar-refractivity contribution in [1.29, 1.82) is 0 Å². The fourth-order valence-electron chi connectivity index (χ4n) is 6.35. The second-order valence-corrected chi connectivity index (χ2v) is 9.24. The zero-order chi connectivity index (χ0) is 21.2. The van der Waals surface area contributed by atoms with E-state index < -0.39 is 17.4 Å². The molecular weight excluding hydrogens is 390 g/mol. The summed E-state index contributed by atoms with van der Waals surface area (Å²) >= 11 is 0. The molecule has 2 N–H and O–H groups in total. The number of anilines is 1. The normalized spacial score (nSPS) is 32.1. The zero-order valence-electron chi connectivity index (χ0n) is 17.2. The lowest BCUT2D eigenvalue weighted by molar-refractivity contribution is -0.145. The van der Waals surface area contributed by atoms with Gasteiger partial charge in [0.05, 0.1) is 11.8 Å². The number of nitrogens with zero attached hydrogens (tertiary/aromatic N) is 1. The molecular formula is C25H25N3O3.